The summed E-state index contributed by atoms with van der Waals surface area (Å²) in [6, 6.07) is 7.09. The van der Waals surface area contributed by atoms with E-state index in [9.17, 15) is 29.6 Å². The van der Waals surface area contributed by atoms with Crippen LogP contribution in [-0.4, -0.2) is 44.3 Å². The average molecular weight is 494 g/mol. The van der Waals surface area contributed by atoms with Gasteiger partial charge in [-0.25, -0.2) is 9.78 Å². The molecule has 1 aliphatic heterocycles. The summed E-state index contributed by atoms with van der Waals surface area (Å²) in [4.78, 5) is 58.8. The molecule has 0 spiro atoms. The van der Waals surface area contributed by atoms with E-state index in [1.54, 1.807) is 13.8 Å². The Hall–Kier alpha value is -4.45. The fourth-order valence-corrected chi connectivity index (χ4v) is 4.68. The lowest BCUT2D eigenvalue weighted by molar-refractivity contribution is -0.384. The number of aliphatic hydroxyl groups is 1. The highest BCUT2D eigenvalue weighted by molar-refractivity contribution is 7.17. The lowest BCUT2D eigenvalue weighted by Gasteiger charge is -2.22. The summed E-state index contributed by atoms with van der Waals surface area (Å²) in [5.74, 6) is -3.10. The van der Waals surface area contributed by atoms with Crippen LogP contribution in [0.25, 0.3) is 5.76 Å². The Morgan fingerprint density at radius 2 is 1.97 bits per heavy atom. The number of thiazole rings is 1. The number of nitro groups is 1. The number of anilines is 1. The highest BCUT2D eigenvalue weighted by Crippen LogP contribution is 2.44. The number of carbonyl (C=O) groups excluding carboxylic acids is 3. The number of ether oxygens (including phenoxy) is 1. The van der Waals surface area contributed by atoms with Crippen LogP contribution in [0.3, 0.4) is 0 Å². The first-order chi connectivity index (χ1) is 16.7. The van der Waals surface area contributed by atoms with E-state index in [4.69, 9.17) is 4.74 Å². The van der Waals surface area contributed by atoms with Crippen LogP contribution in [0.1, 0.15) is 39.5 Å². The van der Waals surface area contributed by atoms with Gasteiger partial charge >= 0.3 is 11.9 Å². The number of benzene rings is 1. The number of non-ortho nitro benzene ring substituents is 1. The summed E-state index contributed by atoms with van der Waals surface area (Å²) in [5, 5.41) is 22.4. The molecule has 1 fully saturated rings. The number of nitrogens with zero attached hydrogens (tertiary/aromatic N) is 4. The molecule has 1 atom stereocenters. The lowest BCUT2D eigenvalue weighted by atomic mass is 9.95. The largest absolute Gasteiger partial charge is 0.507 e. The van der Waals surface area contributed by atoms with Crippen LogP contribution in [0.5, 0.6) is 0 Å². The van der Waals surface area contributed by atoms with Crippen LogP contribution in [0.4, 0.5) is 10.8 Å². The van der Waals surface area contributed by atoms with Crippen LogP contribution < -0.4 is 4.90 Å². The topological polar surface area (TPSA) is 153 Å². The predicted molar refractivity (Wildman–Crippen MR) is 125 cm³/mol. The molecule has 1 N–H and O–H groups in total. The van der Waals surface area contributed by atoms with Gasteiger partial charge in [0, 0.05) is 30.1 Å². The molecular weight excluding hydrogens is 476 g/mol. The van der Waals surface area contributed by atoms with Crippen molar-refractivity contribution >= 4 is 45.6 Å². The summed E-state index contributed by atoms with van der Waals surface area (Å²) in [6.45, 7) is 3.34. The van der Waals surface area contributed by atoms with Gasteiger partial charge in [0.2, 0.25) is 0 Å². The summed E-state index contributed by atoms with van der Waals surface area (Å²) in [5.41, 5.74) is 0.194. The van der Waals surface area contributed by atoms with Gasteiger partial charge in [-0.3, -0.25) is 29.6 Å². The second-order valence-electron chi connectivity index (χ2n) is 7.39. The third-order valence-electron chi connectivity index (χ3n) is 5.25. The summed E-state index contributed by atoms with van der Waals surface area (Å²) < 4.78 is 5.03. The van der Waals surface area contributed by atoms with E-state index in [1.807, 2.05) is 0 Å². The van der Waals surface area contributed by atoms with E-state index in [0.29, 0.717) is 0 Å². The first kappa shape index (κ1) is 23.7. The van der Waals surface area contributed by atoms with E-state index in [0.717, 1.165) is 16.2 Å². The predicted octanol–water partition coefficient (Wildman–Crippen LogP) is 3.56. The van der Waals surface area contributed by atoms with Crippen LogP contribution in [0.15, 0.2) is 54.4 Å². The first-order valence-corrected chi connectivity index (χ1v) is 11.2. The van der Waals surface area contributed by atoms with E-state index in [-0.39, 0.29) is 44.7 Å². The fraction of sp³-hybridized carbons (Fsp3) is 0.174. The minimum Gasteiger partial charge on any atom is -0.507 e. The molecule has 12 heteroatoms. The standard InChI is InChI=1S/C23H18N4O7S/c1-3-34-22(31)20-12(2)25-23(35-20)26-17(14-5-4-6-15(11-14)27(32)33)16(19(29)21(26)30)18(28)13-7-9-24-10-8-13/h4-11,17,28H,3H2,1-2H3. The van der Waals surface area contributed by atoms with Gasteiger partial charge in [0.25, 0.3) is 11.5 Å². The summed E-state index contributed by atoms with van der Waals surface area (Å²) >= 11 is 0.848. The van der Waals surface area contributed by atoms with Crippen molar-refractivity contribution in [2.24, 2.45) is 0 Å². The van der Waals surface area contributed by atoms with Crippen molar-refractivity contribution < 1.29 is 29.2 Å². The number of Topliss-reactive ketones (excluding diaryl/α,β-unsaturated/α-hetero) is 1. The van der Waals surface area contributed by atoms with Gasteiger partial charge in [-0.05, 0) is 31.5 Å². The zero-order valence-corrected chi connectivity index (χ0v) is 19.3. The fourth-order valence-electron chi connectivity index (χ4n) is 3.69. The summed E-state index contributed by atoms with van der Waals surface area (Å²) in [7, 11) is 0. The highest BCUT2D eigenvalue weighted by atomic mass is 32.1. The highest BCUT2D eigenvalue weighted by Gasteiger charge is 2.48. The molecule has 0 radical (unpaired) electrons. The first-order valence-electron chi connectivity index (χ1n) is 10.3. The van der Waals surface area contributed by atoms with Gasteiger partial charge in [-0.2, -0.15) is 0 Å². The lowest BCUT2D eigenvalue weighted by Crippen LogP contribution is -2.29. The van der Waals surface area contributed by atoms with Gasteiger partial charge in [0.1, 0.15) is 10.6 Å². The number of nitro benzene ring substituents is 1. The molecule has 1 aliphatic rings. The molecule has 0 bridgehead atoms. The Morgan fingerprint density at radius 3 is 2.63 bits per heavy atom. The molecule has 35 heavy (non-hydrogen) atoms. The number of aryl methyl sites for hydroxylation is 1. The Bertz CT molecular complexity index is 1380. The van der Waals surface area contributed by atoms with E-state index in [1.165, 1.54) is 48.8 Å². The average Bonchev–Trinajstić information content (AvgIpc) is 3.36. The third kappa shape index (κ3) is 4.26. The number of amides is 1. The quantitative estimate of drug-likeness (QED) is 0.135. The van der Waals surface area contributed by atoms with Gasteiger partial charge in [0.05, 0.1) is 28.8 Å². The molecule has 1 aromatic carbocycles. The molecular formula is C23H18N4O7S. The van der Waals surface area contributed by atoms with Crippen molar-refractivity contribution in [3.63, 3.8) is 0 Å². The number of hydrogen-bond donors (Lipinski definition) is 1. The molecule has 3 heterocycles. The molecule has 0 aliphatic carbocycles. The maximum absolute atomic E-state index is 13.2. The van der Waals surface area contributed by atoms with Gasteiger partial charge < -0.3 is 9.84 Å². The normalized spacial score (nSPS) is 17.0. The van der Waals surface area contributed by atoms with E-state index < -0.39 is 34.4 Å². The van der Waals surface area contributed by atoms with Gasteiger partial charge in [0.15, 0.2) is 5.13 Å². The molecule has 0 saturated carbocycles. The second-order valence-corrected chi connectivity index (χ2v) is 8.37. The number of aliphatic hydroxyl groups excluding tert-OH is 1. The van der Waals surface area contributed by atoms with E-state index >= 15 is 0 Å². The molecule has 1 saturated heterocycles. The molecule has 2 aromatic heterocycles. The van der Waals surface area contributed by atoms with Gasteiger partial charge in [-0.1, -0.05) is 23.5 Å². The van der Waals surface area contributed by atoms with Crippen molar-refractivity contribution in [3.8, 4) is 0 Å². The number of pyridine rings is 1. The van der Waals surface area contributed by atoms with Crippen LogP contribution in [-0.2, 0) is 14.3 Å². The molecule has 1 unspecified atom stereocenters. The number of hydrogen-bond acceptors (Lipinski definition) is 10. The zero-order chi connectivity index (χ0) is 25.3. The monoisotopic (exact) mass is 494 g/mol. The summed E-state index contributed by atoms with van der Waals surface area (Å²) in [6.07, 6.45) is 2.81. The minimum absolute atomic E-state index is 0.0120. The number of carbonyl (C=O) groups is 3. The Kier molecular flexibility index (Phi) is 6.38. The van der Waals surface area contributed by atoms with Gasteiger partial charge in [-0.15, -0.1) is 0 Å². The molecule has 4 rings (SSSR count). The Morgan fingerprint density at radius 1 is 1.26 bits per heavy atom. The van der Waals surface area contributed by atoms with Crippen LogP contribution in [0.2, 0.25) is 0 Å². The third-order valence-corrected chi connectivity index (χ3v) is 6.38. The number of aromatic nitrogens is 2. The van der Waals surface area contributed by atoms with Crippen molar-refractivity contribution in [3.05, 3.63) is 86.2 Å². The number of esters is 1. The number of rotatable bonds is 6. The van der Waals surface area contributed by atoms with Crippen molar-refractivity contribution in [2.45, 2.75) is 19.9 Å². The van der Waals surface area contributed by atoms with Crippen LogP contribution >= 0.6 is 11.3 Å². The SMILES string of the molecule is CCOC(=O)c1sc(N2C(=O)C(=O)C(=C(O)c3ccncc3)C2c2cccc([N+](=O)[O-])c2)nc1C. The van der Waals surface area contributed by atoms with Crippen molar-refractivity contribution in [2.75, 3.05) is 11.5 Å². The minimum atomic E-state index is -1.23. The molecule has 178 valence electrons. The number of ketones is 1. The molecule has 11 nitrogen and oxygen atoms in total. The second kappa shape index (κ2) is 9.43. The van der Waals surface area contributed by atoms with Crippen LogP contribution in [0, 0.1) is 17.0 Å². The maximum Gasteiger partial charge on any atom is 0.350 e. The van der Waals surface area contributed by atoms with Crippen molar-refractivity contribution in [1.29, 1.82) is 0 Å². The maximum atomic E-state index is 13.2. The smallest absolute Gasteiger partial charge is 0.350 e. The zero-order valence-electron chi connectivity index (χ0n) is 18.5. The molecule has 3 aromatic rings. The van der Waals surface area contributed by atoms with E-state index in [2.05, 4.69) is 9.97 Å². The Labute approximate surface area is 202 Å². The molecule has 1 amide bonds. The Balaban J connectivity index is 1.94. The van der Waals surface area contributed by atoms with Crippen molar-refractivity contribution in [1.82, 2.24) is 9.97 Å².